The molecule has 76 valence electrons. The van der Waals surface area contributed by atoms with Crippen molar-refractivity contribution in [3.8, 4) is 5.75 Å². The third kappa shape index (κ3) is 1.98. The molecule has 0 unspecified atom stereocenters. The Bertz CT molecular complexity index is 337. The van der Waals surface area contributed by atoms with Gasteiger partial charge in [0.15, 0.2) is 0 Å². The van der Waals surface area contributed by atoms with Gasteiger partial charge in [-0.25, -0.2) is 0 Å². The fourth-order valence-electron chi connectivity index (χ4n) is 1.50. The molecule has 0 aliphatic heterocycles. The molecule has 0 aromatic heterocycles. The lowest BCUT2D eigenvalue weighted by atomic mass is 9.79. The fourth-order valence-corrected chi connectivity index (χ4v) is 1.50. The molecule has 0 aliphatic rings. The highest BCUT2D eigenvalue weighted by Crippen LogP contribution is 2.32. The summed E-state index contributed by atoms with van der Waals surface area (Å²) in [4.78, 5) is 0. The van der Waals surface area contributed by atoms with Gasteiger partial charge in [-0.1, -0.05) is 39.5 Å². The number of hydrogen-bond donors (Lipinski definition) is 1. The SMILES string of the molecule is C=Cc1ccc(O)cc1C(C)(C)CC. The Kier molecular flexibility index (Phi) is 3.00. The van der Waals surface area contributed by atoms with Gasteiger partial charge >= 0.3 is 0 Å². The standard InChI is InChI=1S/C13H18O/c1-5-10-7-8-11(14)9-12(10)13(3,4)6-2/h5,7-9,14H,1,6H2,2-4H3. The Morgan fingerprint density at radius 3 is 2.57 bits per heavy atom. The Labute approximate surface area is 86.1 Å². The summed E-state index contributed by atoms with van der Waals surface area (Å²) in [6.45, 7) is 10.3. The Hall–Kier alpha value is -1.24. The molecule has 1 rings (SSSR count). The zero-order valence-corrected chi connectivity index (χ0v) is 9.17. The van der Waals surface area contributed by atoms with E-state index < -0.39 is 0 Å². The van der Waals surface area contributed by atoms with E-state index in [1.54, 1.807) is 6.07 Å². The van der Waals surface area contributed by atoms with E-state index in [9.17, 15) is 5.11 Å². The summed E-state index contributed by atoms with van der Waals surface area (Å²) in [6, 6.07) is 5.45. The maximum atomic E-state index is 9.46. The molecule has 0 radical (unpaired) electrons. The monoisotopic (exact) mass is 190 g/mol. The van der Waals surface area contributed by atoms with Crippen molar-refractivity contribution in [2.24, 2.45) is 0 Å². The topological polar surface area (TPSA) is 20.2 Å². The van der Waals surface area contributed by atoms with E-state index in [4.69, 9.17) is 0 Å². The lowest BCUT2D eigenvalue weighted by Gasteiger charge is -2.25. The highest BCUT2D eigenvalue weighted by molar-refractivity contribution is 5.56. The van der Waals surface area contributed by atoms with Crippen LogP contribution in [0.5, 0.6) is 5.75 Å². The average molecular weight is 190 g/mol. The van der Waals surface area contributed by atoms with Crippen LogP contribution in [0.4, 0.5) is 0 Å². The average Bonchev–Trinajstić information content (AvgIpc) is 2.18. The Morgan fingerprint density at radius 2 is 2.07 bits per heavy atom. The number of aromatic hydroxyl groups is 1. The van der Waals surface area contributed by atoms with Crippen molar-refractivity contribution in [1.29, 1.82) is 0 Å². The highest BCUT2D eigenvalue weighted by Gasteiger charge is 2.20. The normalized spacial score (nSPS) is 11.4. The van der Waals surface area contributed by atoms with E-state index in [0.717, 1.165) is 17.5 Å². The number of phenolic OH excluding ortho intramolecular Hbond substituents is 1. The molecule has 0 atom stereocenters. The van der Waals surface area contributed by atoms with Crippen LogP contribution < -0.4 is 0 Å². The largest absolute Gasteiger partial charge is 0.508 e. The predicted octanol–water partition coefficient (Wildman–Crippen LogP) is 3.72. The first-order valence-electron chi connectivity index (χ1n) is 4.97. The van der Waals surface area contributed by atoms with E-state index in [1.165, 1.54) is 0 Å². The maximum absolute atomic E-state index is 9.46. The van der Waals surface area contributed by atoms with Crippen LogP contribution in [0.3, 0.4) is 0 Å². The summed E-state index contributed by atoms with van der Waals surface area (Å²) in [7, 11) is 0. The Balaban J connectivity index is 3.30. The third-order valence-electron chi connectivity index (χ3n) is 2.87. The quantitative estimate of drug-likeness (QED) is 0.770. The summed E-state index contributed by atoms with van der Waals surface area (Å²) in [5.74, 6) is 0.326. The van der Waals surface area contributed by atoms with Crippen LogP contribution >= 0.6 is 0 Å². The van der Waals surface area contributed by atoms with Gasteiger partial charge < -0.3 is 5.11 Å². The van der Waals surface area contributed by atoms with Crippen molar-refractivity contribution in [1.82, 2.24) is 0 Å². The smallest absolute Gasteiger partial charge is 0.115 e. The molecule has 0 amide bonds. The van der Waals surface area contributed by atoms with Gasteiger partial charge in [-0.05, 0) is 35.1 Å². The van der Waals surface area contributed by atoms with Crippen LogP contribution in [0.25, 0.3) is 6.08 Å². The number of hydrogen-bond acceptors (Lipinski definition) is 1. The maximum Gasteiger partial charge on any atom is 0.115 e. The van der Waals surface area contributed by atoms with Gasteiger partial charge in [0, 0.05) is 0 Å². The summed E-state index contributed by atoms with van der Waals surface area (Å²) in [5.41, 5.74) is 2.35. The molecule has 1 heteroatoms. The molecular formula is C13H18O. The van der Waals surface area contributed by atoms with Crippen molar-refractivity contribution in [2.45, 2.75) is 32.6 Å². The summed E-state index contributed by atoms with van der Waals surface area (Å²) in [6.07, 6.45) is 2.88. The van der Waals surface area contributed by atoms with Crippen LogP contribution in [-0.4, -0.2) is 5.11 Å². The van der Waals surface area contributed by atoms with Crippen molar-refractivity contribution >= 4 is 6.08 Å². The first kappa shape index (κ1) is 10.8. The molecule has 14 heavy (non-hydrogen) atoms. The third-order valence-corrected chi connectivity index (χ3v) is 2.87. The molecule has 1 aromatic rings. The van der Waals surface area contributed by atoms with Crippen molar-refractivity contribution < 1.29 is 5.11 Å². The van der Waals surface area contributed by atoms with Gasteiger partial charge in [-0.15, -0.1) is 0 Å². The van der Waals surface area contributed by atoms with Crippen molar-refractivity contribution in [2.75, 3.05) is 0 Å². The lowest BCUT2D eigenvalue weighted by molar-refractivity contribution is 0.464. The first-order valence-corrected chi connectivity index (χ1v) is 4.97. The summed E-state index contributed by atoms with van der Waals surface area (Å²) < 4.78 is 0. The van der Waals surface area contributed by atoms with Gasteiger partial charge in [-0.3, -0.25) is 0 Å². The zero-order chi connectivity index (χ0) is 10.8. The molecule has 0 spiro atoms. The number of benzene rings is 1. The highest BCUT2D eigenvalue weighted by atomic mass is 16.3. The molecule has 1 aromatic carbocycles. The van der Waals surface area contributed by atoms with Gasteiger partial charge in [0.2, 0.25) is 0 Å². The number of rotatable bonds is 3. The minimum absolute atomic E-state index is 0.0856. The van der Waals surface area contributed by atoms with E-state index in [2.05, 4.69) is 27.4 Å². The van der Waals surface area contributed by atoms with Gasteiger partial charge in [0.1, 0.15) is 5.75 Å². The Morgan fingerprint density at radius 1 is 1.43 bits per heavy atom. The van der Waals surface area contributed by atoms with Crippen LogP contribution in [0.2, 0.25) is 0 Å². The van der Waals surface area contributed by atoms with Crippen LogP contribution in [0.1, 0.15) is 38.3 Å². The minimum atomic E-state index is 0.0856. The molecule has 0 aliphatic carbocycles. The van der Waals surface area contributed by atoms with E-state index >= 15 is 0 Å². The second-order valence-electron chi connectivity index (χ2n) is 4.21. The molecule has 0 heterocycles. The molecular weight excluding hydrogens is 172 g/mol. The molecule has 1 N–H and O–H groups in total. The van der Waals surface area contributed by atoms with E-state index in [1.807, 2.05) is 18.2 Å². The minimum Gasteiger partial charge on any atom is -0.508 e. The van der Waals surface area contributed by atoms with Gasteiger partial charge in [0.05, 0.1) is 0 Å². The second kappa shape index (κ2) is 3.87. The molecule has 0 saturated heterocycles. The fraction of sp³-hybridized carbons (Fsp3) is 0.385. The van der Waals surface area contributed by atoms with E-state index in [-0.39, 0.29) is 5.41 Å². The van der Waals surface area contributed by atoms with Crippen LogP contribution in [-0.2, 0) is 5.41 Å². The van der Waals surface area contributed by atoms with Crippen molar-refractivity contribution in [3.05, 3.63) is 35.9 Å². The van der Waals surface area contributed by atoms with Crippen LogP contribution in [0.15, 0.2) is 24.8 Å². The summed E-state index contributed by atoms with van der Waals surface area (Å²) in [5, 5.41) is 9.46. The molecule has 0 saturated carbocycles. The van der Waals surface area contributed by atoms with Gasteiger partial charge in [-0.2, -0.15) is 0 Å². The van der Waals surface area contributed by atoms with Gasteiger partial charge in [0.25, 0.3) is 0 Å². The van der Waals surface area contributed by atoms with E-state index in [0.29, 0.717) is 5.75 Å². The zero-order valence-electron chi connectivity index (χ0n) is 9.17. The second-order valence-corrected chi connectivity index (χ2v) is 4.21. The predicted molar refractivity (Wildman–Crippen MR) is 61.5 cm³/mol. The molecule has 0 fully saturated rings. The number of phenols is 1. The first-order chi connectivity index (χ1) is 6.51. The lowest BCUT2D eigenvalue weighted by Crippen LogP contribution is -2.16. The molecule has 0 bridgehead atoms. The summed E-state index contributed by atoms with van der Waals surface area (Å²) >= 11 is 0. The van der Waals surface area contributed by atoms with Crippen molar-refractivity contribution in [3.63, 3.8) is 0 Å². The molecule has 1 nitrogen and oxygen atoms in total. The van der Waals surface area contributed by atoms with Crippen LogP contribution in [0, 0.1) is 0 Å².